The number of hydrogen-bond acceptors (Lipinski definition) is 3. The van der Waals surface area contributed by atoms with Gasteiger partial charge in [-0.2, -0.15) is 0 Å². The van der Waals surface area contributed by atoms with Crippen LogP contribution in [0.5, 0.6) is 5.75 Å². The first-order chi connectivity index (χ1) is 8.27. The molecule has 0 amide bonds. The molecule has 0 heterocycles. The predicted octanol–water partition coefficient (Wildman–Crippen LogP) is 1.71. The summed E-state index contributed by atoms with van der Waals surface area (Å²) in [5.41, 5.74) is 6.36. The van der Waals surface area contributed by atoms with E-state index in [0.717, 1.165) is 31.5 Å². The van der Waals surface area contributed by atoms with Gasteiger partial charge >= 0.3 is 0 Å². The van der Waals surface area contributed by atoms with E-state index in [0.29, 0.717) is 18.9 Å². The Morgan fingerprint density at radius 3 is 2.82 bits per heavy atom. The molecular formula is C13H21FN2O. The topological polar surface area (TPSA) is 47.3 Å². The molecule has 0 aliphatic heterocycles. The van der Waals surface area contributed by atoms with Crippen molar-refractivity contribution in [3.05, 3.63) is 29.6 Å². The zero-order valence-electron chi connectivity index (χ0n) is 10.3. The fourth-order valence-electron chi connectivity index (χ4n) is 1.56. The standard InChI is InChI=1S/C13H21FN2O/c1-2-17-13-5-4-11(10-12(13)14)6-9-16-8-3-7-15/h4-5,10,16H,2-3,6-9,15H2,1H3. The fraction of sp³-hybridized carbons (Fsp3) is 0.538. The maximum Gasteiger partial charge on any atom is 0.165 e. The van der Waals surface area contributed by atoms with E-state index in [4.69, 9.17) is 10.5 Å². The van der Waals surface area contributed by atoms with E-state index in [1.807, 2.05) is 13.0 Å². The molecule has 3 N–H and O–H groups in total. The molecular weight excluding hydrogens is 219 g/mol. The number of ether oxygens (including phenoxy) is 1. The van der Waals surface area contributed by atoms with Gasteiger partial charge < -0.3 is 15.8 Å². The molecule has 0 atom stereocenters. The van der Waals surface area contributed by atoms with Crippen LogP contribution in [0.25, 0.3) is 0 Å². The Labute approximate surface area is 102 Å². The van der Waals surface area contributed by atoms with Crippen molar-refractivity contribution >= 4 is 0 Å². The Morgan fingerprint density at radius 2 is 2.18 bits per heavy atom. The van der Waals surface area contributed by atoms with Crippen LogP contribution in [0.15, 0.2) is 18.2 Å². The van der Waals surface area contributed by atoms with Gasteiger partial charge in [-0.25, -0.2) is 4.39 Å². The molecule has 0 saturated heterocycles. The third-order valence-electron chi connectivity index (χ3n) is 2.44. The maximum absolute atomic E-state index is 13.5. The summed E-state index contributed by atoms with van der Waals surface area (Å²) in [6.45, 7) is 4.78. The first kappa shape index (κ1) is 13.9. The molecule has 4 heteroatoms. The van der Waals surface area contributed by atoms with Gasteiger partial charge in [-0.15, -0.1) is 0 Å². The van der Waals surface area contributed by atoms with Crippen molar-refractivity contribution < 1.29 is 9.13 Å². The van der Waals surface area contributed by atoms with Crippen LogP contribution in [0.2, 0.25) is 0 Å². The summed E-state index contributed by atoms with van der Waals surface area (Å²) in [5.74, 6) is 0.0404. The van der Waals surface area contributed by atoms with Gasteiger partial charge in [0.1, 0.15) is 0 Å². The SMILES string of the molecule is CCOc1ccc(CCNCCCN)cc1F. The minimum atomic E-state index is -0.286. The minimum Gasteiger partial charge on any atom is -0.491 e. The lowest BCUT2D eigenvalue weighted by molar-refractivity contribution is 0.321. The van der Waals surface area contributed by atoms with E-state index in [9.17, 15) is 4.39 Å². The summed E-state index contributed by atoms with van der Waals surface area (Å²) in [7, 11) is 0. The Balaban J connectivity index is 2.36. The normalized spacial score (nSPS) is 10.5. The highest BCUT2D eigenvalue weighted by molar-refractivity contribution is 5.29. The second kappa shape index (κ2) is 8.03. The highest BCUT2D eigenvalue weighted by Gasteiger charge is 2.03. The number of halogens is 1. The lowest BCUT2D eigenvalue weighted by atomic mass is 10.1. The summed E-state index contributed by atoms with van der Waals surface area (Å²) in [5, 5.41) is 3.26. The van der Waals surface area contributed by atoms with Crippen LogP contribution in [-0.2, 0) is 6.42 Å². The van der Waals surface area contributed by atoms with Gasteiger partial charge in [0.25, 0.3) is 0 Å². The predicted molar refractivity (Wildman–Crippen MR) is 67.8 cm³/mol. The Bertz CT molecular complexity index is 331. The average Bonchev–Trinajstić information content (AvgIpc) is 2.32. The first-order valence-electron chi connectivity index (χ1n) is 6.10. The summed E-state index contributed by atoms with van der Waals surface area (Å²) in [6, 6.07) is 5.13. The van der Waals surface area contributed by atoms with E-state index in [2.05, 4.69) is 5.32 Å². The summed E-state index contributed by atoms with van der Waals surface area (Å²) in [6.07, 6.45) is 1.78. The molecule has 0 aliphatic carbocycles. The lowest BCUT2D eigenvalue weighted by Crippen LogP contribution is -2.20. The third kappa shape index (κ3) is 5.15. The number of nitrogens with two attached hydrogens (primary N) is 1. The van der Waals surface area contributed by atoms with E-state index in [1.165, 1.54) is 6.07 Å². The molecule has 0 unspecified atom stereocenters. The first-order valence-corrected chi connectivity index (χ1v) is 6.10. The molecule has 0 radical (unpaired) electrons. The smallest absolute Gasteiger partial charge is 0.165 e. The van der Waals surface area contributed by atoms with Crippen molar-refractivity contribution in [1.82, 2.24) is 5.32 Å². The molecule has 1 aromatic carbocycles. The summed E-state index contributed by atoms with van der Waals surface area (Å²) < 4.78 is 18.6. The molecule has 17 heavy (non-hydrogen) atoms. The van der Waals surface area contributed by atoms with Gasteiger partial charge in [-0.1, -0.05) is 6.07 Å². The number of nitrogens with one attached hydrogen (secondary N) is 1. The molecule has 0 bridgehead atoms. The second-order valence-corrected chi connectivity index (χ2v) is 3.84. The molecule has 0 saturated carbocycles. The van der Waals surface area contributed by atoms with Crippen LogP contribution in [0.3, 0.4) is 0 Å². The van der Waals surface area contributed by atoms with Crippen LogP contribution < -0.4 is 15.8 Å². The zero-order chi connectivity index (χ0) is 12.5. The summed E-state index contributed by atoms with van der Waals surface area (Å²) in [4.78, 5) is 0. The highest BCUT2D eigenvalue weighted by Crippen LogP contribution is 2.18. The molecule has 96 valence electrons. The van der Waals surface area contributed by atoms with Gasteiger partial charge in [0.2, 0.25) is 0 Å². The van der Waals surface area contributed by atoms with Crippen LogP contribution in [-0.4, -0.2) is 26.2 Å². The Morgan fingerprint density at radius 1 is 1.35 bits per heavy atom. The molecule has 0 aliphatic rings. The van der Waals surface area contributed by atoms with Gasteiger partial charge in [0.05, 0.1) is 6.61 Å². The van der Waals surface area contributed by atoms with Gasteiger partial charge in [-0.3, -0.25) is 0 Å². The Kier molecular flexibility index (Phi) is 6.58. The van der Waals surface area contributed by atoms with Crippen molar-refractivity contribution in [1.29, 1.82) is 0 Å². The monoisotopic (exact) mass is 240 g/mol. The van der Waals surface area contributed by atoms with Gasteiger partial charge in [-0.05, 0) is 57.1 Å². The van der Waals surface area contributed by atoms with Gasteiger partial charge in [0, 0.05) is 0 Å². The van der Waals surface area contributed by atoms with Crippen LogP contribution >= 0.6 is 0 Å². The van der Waals surface area contributed by atoms with E-state index < -0.39 is 0 Å². The molecule has 0 fully saturated rings. The number of hydrogen-bond donors (Lipinski definition) is 2. The maximum atomic E-state index is 13.5. The van der Waals surface area contributed by atoms with Crippen LogP contribution in [0.4, 0.5) is 4.39 Å². The fourth-order valence-corrected chi connectivity index (χ4v) is 1.56. The largest absolute Gasteiger partial charge is 0.491 e. The highest BCUT2D eigenvalue weighted by atomic mass is 19.1. The third-order valence-corrected chi connectivity index (χ3v) is 2.44. The molecule has 1 aromatic rings. The Hall–Kier alpha value is -1.13. The molecule has 1 rings (SSSR count). The molecule has 0 spiro atoms. The summed E-state index contributed by atoms with van der Waals surface area (Å²) >= 11 is 0. The molecule has 3 nitrogen and oxygen atoms in total. The van der Waals surface area contributed by atoms with Crippen molar-refractivity contribution in [3.63, 3.8) is 0 Å². The van der Waals surface area contributed by atoms with Crippen LogP contribution in [0.1, 0.15) is 18.9 Å². The van der Waals surface area contributed by atoms with Gasteiger partial charge in [0.15, 0.2) is 11.6 Å². The average molecular weight is 240 g/mol. The van der Waals surface area contributed by atoms with E-state index in [-0.39, 0.29) is 5.82 Å². The number of rotatable bonds is 8. The number of benzene rings is 1. The van der Waals surface area contributed by atoms with Crippen molar-refractivity contribution in [3.8, 4) is 5.75 Å². The lowest BCUT2D eigenvalue weighted by Gasteiger charge is -2.07. The van der Waals surface area contributed by atoms with E-state index in [1.54, 1.807) is 6.07 Å². The minimum absolute atomic E-state index is 0.286. The van der Waals surface area contributed by atoms with Crippen LogP contribution in [0, 0.1) is 5.82 Å². The quantitative estimate of drug-likeness (QED) is 0.680. The van der Waals surface area contributed by atoms with Crippen molar-refractivity contribution in [2.24, 2.45) is 5.73 Å². The van der Waals surface area contributed by atoms with Crippen molar-refractivity contribution in [2.45, 2.75) is 19.8 Å². The molecule has 0 aromatic heterocycles. The van der Waals surface area contributed by atoms with E-state index >= 15 is 0 Å². The second-order valence-electron chi connectivity index (χ2n) is 3.84. The van der Waals surface area contributed by atoms with Crippen molar-refractivity contribution in [2.75, 3.05) is 26.2 Å². The zero-order valence-corrected chi connectivity index (χ0v) is 10.3.